The van der Waals surface area contributed by atoms with E-state index in [0.717, 1.165) is 17.7 Å². The van der Waals surface area contributed by atoms with Crippen molar-refractivity contribution < 1.29 is 14.3 Å². The van der Waals surface area contributed by atoms with Crippen LogP contribution in [0.5, 0.6) is 11.5 Å². The third-order valence-electron chi connectivity index (χ3n) is 4.66. The molecule has 144 valence electrons. The first-order chi connectivity index (χ1) is 13.0. The van der Waals surface area contributed by atoms with E-state index in [1.54, 1.807) is 18.9 Å². The third-order valence-corrected chi connectivity index (χ3v) is 4.66. The van der Waals surface area contributed by atoms with Gasteiger partial charge in [0.05, 0.1) is 32.5 Å². The van der Waals surface area contributed by atoms with Crippen LogP contribution in [-0.2, 0) is 6.54 Å². The van der Waals surface area contributed by atoms with Gasteiger partial charge in [0.25, 0.3) is 0 Å². The van der Waals surface area contributed by atoms with Gasteiger partial charge >= 0.3 is 6.03 Å². The van der Waals surface area contributed by atoms with Crippen molar-refractivity contribution in [1.29, 1.82) is 0 Å². The van der Waals surface area contributed by atoms with Crippen molar-refractivity contribution >= 4 is 11.8 Å². The molecule has 2 aromatic rings. The van der Waals surface area contributed by atoms with Crippen LogP contribution in [0.25, 0.3) is 0 Å². The quantitative estimate of drug-likeness (QED) is 0.791. The van der Waals surface area contributed by atoms with E-state index < -0.39 is 0 Å². The summed E-state index contributed by atoms with van der Waals surface area (Å²) in [5, 5.41) is 7.52. The molecular formula is C20H26N4O3. The fourth-order valence-electron chi connectivity index (χ4n) is 3.26. The molecule has 0 saturated carbocycles. The minimum Gasteiger partial charge on any atom is -0.493 e. The predicted octanol–water partition coefficient (Wildman–Crippen LogP) is 3.44. The van der Waals surface area contributed by atoms with Crippen molar-refractivity contribution in [2.75, 3.05) is 26.1 Å². The van der Waals surface area contributed by atoms with E-state index in [9.17, 15) is 4.79 Å². The molecule has 0 fully saturated rings. The number of nitrogens with one attached hydrogen (secondary N) is 1. The Morgan fingerprint density at radius 2 is 2.04 bits per heavy atom. The van der Waals surface area contributed by atoms with Gasteiger partial charge in [-0.15, -0.1) is 0 Å². The van der Waals surface area contributed by atoms with E-state index in [1.165, 1.54) is 0 Å². The highest BCUT2D eigenvalue weighted by molar-refractivity contribution is 5.89. The lowest BCUT2D eigenvalue weighted by Crippen LogP contribution is -2.39. The van der Waals surface area contributed by atoms with Crippen LogP contribution in [-0.4, -0.2) is 47.5 Å². The number of aryl methyl sites for hydroxylation is 1. The summed E-state index contributed by atoms with van der Waals surface area (Å²) in [5.74, 6) is 2.02. The van der Waals surface area contributed by atoms with Crippen LogP contribution >= 0.6 is 0 Å². The SMILES string of the molecule is CCC1C=CCN1C(=O)Nc1cc(C)nn1Cc1ccc(OC)c(OC)c1. The van der Waals surface area contributed by atoms with Gasteiger partial charge in [-0.2, -0.15) is 5.10 Å². The summed E-state index contributed by atoms with van der Waals surface area (Å²) in [5.41, 5.74) is 1.85. The zero-order valence-electron chi connectivity index (χ0n) is 16.2. The van der Waals surface area contributed by atoms with Crippen LogP contribution in [0.15, 0.2) is 36.4 Å². The molecule has 1 aromatic heterocycles. The van der Waals surface area contributed by atoms with Gasteiger partial charge in [0.15, 0.2) is 11.5 Å². The minimum absolute atomic E-state index is 0.111. The molecule has 0 bridgehead atoms. The number of carbonyl (C=O) groups excluding carboxylic acids is 1. The maximum atomic E-state index is 12.7. The standard InChI is InChI=1S/C20H26N4O3/c1-5-16-7-6-10-23(16)20(25)21-19-11-14(2)22-24(19)13-15-8-9-17(26-3)18(12-15)27-4/h6-9,11-12,16H,5,10,13H2,1-4H3,(H,21,25). The van der Waals surface area contributed by atoms with Gasteiger partial charge in [-0.3, -0.25) is 5.32 Å². The number of hydrogen-bond acceptors (Lipinski definition) is 4. The molecule has 0 radical (unpaired) electrons. The van der Waals surface area contributed by atoms with Crippen molar-refractivity contribution in [1.82, 2.24) is 14.7 Å². The molecule has 0 saturated heterocycles. The van der Waals surface area contributed by atoms with Gasteiger partial charge in [0.2, 0.25) is 0 Å². The average molecular weight is 370 g/mol. The topological polar surface area (TPSA) is 68.6 Å². The molecule has 1 atom stereocenters. The molecule has 27 heavy (non-hydrogen) atoms. The minimum atomic E-state index is -0.111. The molecule has 0 spiro atoms. The van der Waals surface area contributed by atoms with Gasteiger partial charge in [0.1, 0.15) is 5.82 Å². The Bertz CT molecular complexity index is 844. The fraction of sp³-hybridized carbons (Fsp3) is 0.400. The summed E-state index contributed by atoms with van der Waals surface area (Å²) in [6.45, 7) is 5.13. The largest absolute Gasteiger partial charge is 0.493 e. The molecule has 7 heteroatoms. The number of aromatic nitrogens is 2. The molecule has 1 aliphatic heterocycles. The molecule has 3 rings (SSSR count). The number of hydrogen-bond donors (Lipinski definition) is 1. The number of benzene rings is 1. The molecule has 7 nitrogen and oxygen atoms in total. The first-order valence-electron chi connectivity index (χ1n) is 9.05. The van der Waals surface area contributed by atoms with Gasteiger partial charge in [-0.1, -0.05) is 25.1 Å². The van der Waals surface area contributed by atoms with Crippen LogP contribution in [0, 0.1) is 6.92 Å². The first-order valence-corrected chi connectivity index (χ1v) is 9.05. The number of amides is 2. The molecule has 0 aliphatic carbocycles. The summed E-state index contributed by atoms with van der Waals surface area (Å²) in [4.78, 5) is 14.5. The average Bonchev–Trinajstić information content (AvgIpc) is 3.28. The molecule has 1 N–H and O–H groups in total. The second kappa shape index (κ2) is 8.16. The lowest BCUT2D eigenvalue weighted by atomic mass is 10.2. The first kappa shape index (κ1) is 18.8. The van der Waals surface area contributed by atoms with Crippen LogP contribution in [0.4, 0.5) is 10.6 Å². The maximum absolute atomic E-state index is 12.7. The Hall–Kier alpha value is -2.96. The van der Waals surface area contributed by atoms with Crippen molar-refractivity contribution in [3.63, 3.8) is 0 Å². The van der Waals surface area contributed by atoms with Crippen molar-refractivity contribution in [3.05, 3.63) is 47.7 Å². The van der Waals surface area contributed by atoms with Crippen LogP contribution in [0.2, 0.25) is 0 Å². The molecular weight excluding hydrogens is 344 g/mol. The Morgan fingerprint density at radius 3 is 2.74 bits per heavy atom. The van der Waals surface area contributed by atoms with Crippen molar-refractivity contribution in [2.24, 2.45) is 0 Å². The smallest absolute Gasteiger partial charge is 0.323 e. The van der Waals surface area contributed by atoms with Gasteiger partial charge in [0, 0.05) is 12.6 Å². The second-order valence-corrected chi connectivity index (χ2v) is 6.50. The molecule has 2 amide bonds. The Labute approximate surface area is 159 Å². The molecule has 2 heterocycles. The van der Waals surface area contributed by atoms with E-state index in [1.807, 2.05) is 42.2 Å². The predicted molar refractivity (Wildman–Crippen MR) is 105 cm³/mol. The van der Waals surface area contributed by atoms with Crippen molar-refractivity contribution in [3.8, 4) is 11.5 Å². The summed E-state index contributed by atoms with van der Waals surface area (Å²) in [6.07, 6.45) is 5.00. The summed E-state index contributed by atoms with van der Waals surface area (Å²) >= 11 is 0. The number of carbonyl (C=O) groups is 1. The number of anilines is 1. The third kappa shape index (κ3) is 4.07. The second-order valence-electron chi connectivity index (χ2n) is 6.50. The number of methoxy groups -OCH3 is 2. The molecule has 1 aliphatic rings. The number of rotatable bonds is 6. The maximum Gasteiger partial charge on any atom is 0.323 e. The van der Waals surface area contributed by atoms with Crippen molar-refractivity contribution in [2.45, 2.75) is 32.9 Å². The lowest BCUT2D eigenvalue weighted by Gasteiger charge is -2.24. The molecule has 1 aromatic carbocycles. The highest BCUT2D eigenvalue weighted by atomic mass is 16.5. The van der Waals surface area contributed by atoms with E-state index in [2.05, 4.69) is 23.4 Å². The normalized spacial score (nSPS) is 15.9. The van der Waals surface area contributed by atoms with Crippen LogP contribution in [0.1, 0.15) is 24.6 Å². The summed E-state index contributed by atoms with van der Waals surface area (Å²) in [7, 11) is 3.22. The summed E-state index contributed by atoms with van der Waals surface area (Å²) < 4.78 is 12.4. The number of ether oxygens (including phenoxy) is 2. The lowest BCUT2D eigenvalue weighted by molar-refractivity contribution is 0.209. The zero-order chi connectivity index (χ0) is 19.4. The highest BCUT2D eigenvalue weighted by Crippen LogP contribution is 2.28. The highest BCUT2D eigenvalue weighted by Gasteiger charge is 2.24. The van der Waals surface area contributed by atoms with Crippen LogP contribution < -0.4 is 14.8 Å². The van der Waals surface area contributed by atoms with Gasteiger partial charge in [-0.25, -0.2) is 9.48 Å². The number of nitrogens with zero attached hydrogens (tertiary/aromatic N) is 3. The van der Waals surface area contributed by atoms with Crippen LogP contribution in [0.3, 0.4) is 0 Å². The van der Waals surface area contributed by atoms with E-state index in [4.69, 9.17) is 9.47 Å². The van der Waals surface area contributed by atoms with Gasteiger partial charge in [-0.05, 0) is 31.0 Å². The monoisotopic (exact) mass is 370 g/mol. The van der Waals surface area contributed by atoms with E-state index >= 15 is 0 Å². The summed E-state index contributed by atoms with van der Waals surface area (Å²) in [6, 6.07) is 7.65. The van der Waals surface area contributed by atoms with E-state index in [-0.39, 0.29) is 12.1 Å². The Balaban J connectivity index is 1.77. The Morgan fingerprint density at radius 1 is 1.26 bits per heavy atom. The van der Waals surface area contributed by atoms with Gasteiger partial charge < -0.3 is 14.4 Å². The molecule has 1 unspecified atom stereocenters. The van der Waals surface area contributed by atoms with E-state index in [0.29, 0.717) is 30.4 Å². The fourth-order valence-corrected chi connectivity index (χ4v) is 3.26. The Kier molecular flexibility index (Phi) is 5.69. The zero-order valence-corrected chi connectivity index (χ0v) is 16.2. The number of urea groups is 1.